The fraction of sp³-hybridized carbons (Fsp3) is 0.464. The zero-order valence-electron chi connectivity index (χ0n) is 22.1. The van der Waals surface area contributed by atoms with Gasteiger partial charge in [0.25, 0.3) is 5.91 Å². The van der Waals surface area contributed by atoms with Crippen LogP contribution in [0.15, 0.2) is 40.8 Å². The molecule has 1 saturated heterocycles. The van der Waals surface area contributed by atoms with Crippen LogP contribution in [-0.4, -0.2) is 73.6 Å². The third kappa shape index (κ3) is 6.52. The van der Waals surface area contributed by atoms with E-state index >= 15 is 0 Å². The van der Waals surface area contributed by atoms with Crippen LogP contribution in [0.25, 0.3) is 21.9 Å². The van der Waals surface area contributed by atoms with E-state index in [0.717, 1.165) is 13.1 Å². The van der Waals surface area contributed by atoms with Crippen molar-refractivity contribution in [2.45, 2.75) is 38.5 Å². The molecule has 0 spiro atoms. The monoisotopic (exact) mass is 543 g/mol. The fourth-order valence-electron chi connectivity index (χ4n) is 4.85. The first-order chi connectivity index (χ1) is 18.5. The third-order valence-electron chi connectivity index (χ3n) is 6.93. The van der Waals surface area contributed by atoms with Crippen molar-refractivity contribution < 1.29 is 27.2 Å². The molecule has 8 nitrogen and oxygen atoms in total. The number of halogens is 3. The van der Waals surface area contributed by atoms with Crippen LogP contribution < -0.4 is 10.6 Å². The normalized spacial score (nSPS) is 16.4. The number of amides is 2. The lowest BCUT2D eigenvalue weighted by molar-refractivity contribution is -0.161. The van der Waals surface area contributed by atoms with Gasteiger partial charge in [-0.1, -0.05) is 26.0 Å². The van der Waals surface area contributed by atoms with Crippen LogP contribution >= 0.6 is 0 Å². The van der Waals surface area contributed by atoms with Gasteiger partial charge in [-0.25, -0.2) is 0 Å². The second kappa shape index (κ2) is 11.6. The summed E-state index contributed by atoms with van der Waals surface area (Å²) in [4.78, 5) is 29.5. The second-order valence-corrected chi connectivity index (χ2v) is 10.4. The summed E-state index contributed by atoms with van der Waals surface area (Å²) in [5.74, 6) is -0.824. The molecule has 0 unspecified atom stereocenters. The molecule has 1 aromatic heterocycles. The van der Waals surface area contributed by atoms with Crippen LogP contribution in [0.2, 0.25) is 0 Å². The first-order valence-corrected chi connectivity index (χ1v) is 12.9. The van der Waals surface area contributed by atoms with Gasteiger partial charge in [0.1, 0.15) is 23.8 Å². The van der Waals surface area contributed by atoms with Crippen molar-refractivity contribution in [2.24, 2.45) is 5.92 Å². The molecule has 11 heteroatoms. The van der Waals surface area contributed by atoms with E-state index in [1.807, 2.05) is 7.05 Å². The Morgan fingerprint density at radius 2 is 1.77 bits per heavy atom. The Bertz CT molecular complexity index is 1390. The summed E-state index contributed by atoms with van der Waals surface area (Å²) in [5.41, 5.74) is 1.09. The summed E-state index contributed by atoms with van der Waals surface area (Å²) in [6.07, 6.45) is -4.55. The maximum absolute atomic E-state index is 14.2. The van der Waals surface area contributed by atoms with Crippen LogP contribution in [0.1, 0.15) is 42.2 Å². The van der Waals surface area contributed by atoms with Gasteiger partial charge in [-0.3, -0.25) is 14.9 Å². The Labute approximate surface area is 224 Å². The topological polar surface area (TPSA) is 102 Å². The van der Waals surface area contributed by atoms with E-state index in [0.29, 0.717) is 35.0 Å². The Balaban J connectivity index is 1.65. The molecule has 2 aromatic carbocycles. The van der Waals surface area contributed by atoms with Crippen molar-refractivity contribution in [3.8, 4) is 6.07 Å². The number of rotatable bonds is 8. The number of furan rings is 1. The van der Waals surface area contributed by atoms with Crippen LogP contribution in [0.3, 0.4) is 0 Å². The van der Waals surface area contributed by atoms with Crippen LogP contribution in [0.4, 0.5) is 13.2 Å². The number of carbonyl (C=O) groups is 2. The Hall–Kier alpha value is -3.62. The van der Waals surface area contributed by atoms with Crippen molar-refractivity contribution in [2.75, 3.05) is 39.8 Å². The third-order valence-corrected chi connectivity index (χ3v) is 6.93. The number of benzene rings is 2. The Morgan fingerprint density at radius 3 is 2.41 bits per heavy atom. The van der Waals surface area contributed by atoms with Crippen molar-refractivity contribution in [1.29, 1.82) is 5.26 Å². The molecule has 1 aliphatic heterocycles. The molecule has 0 saturated carbocycles. The van der Waals surface area contributed by atoms with E-state index < -0.39 is 24.2 Å². The van der Waals surface area contributed by atoms with E-state index in [1.165, 1.54) is 12.1 Å². The van der Waals surface area contributed by atoms with Gasteiger partial charge in [-0.15, -0.1) is 0 Å². The molecular formula is C28H32F3N5O3. The molecule has 1 fully saturated rings. The molecule has 4 rings (SSSR count). The lowest BCUT2D eigenvalue weighted by atomic mass is 9.98. The lowest BCUT2D eigenvalue weighted by Crippen LogP contribution is -2.49. The summed E-state index contributed by atoms with van der Waals surface area (Å²) in [6, 6.07) is 7.76. The van der Waals surface area contributed by atoms with E-state index in [-0.39, 0.29) is 35.9 Å². The predicted octanol–water partition coefficient (Wildman–Crippen LogP) is 4.22. The predicted molar refractivity (Wildman–Crippen MR) is 141 cm³/mol. The first-order valence-electron chi connectivity index (χ1n) is 12.9. The number of alkyl halides is 3. The molecule has 208 valence electrons. The molecule has 2 amide bonds. The summed E-state index contributed by atoms with van der Waals surface area (Å²) in [5, 5.41) is 14.8. The van der Waals surface area contributed by atoms with E-state index in [1.54, 1.807) is 49.1 Å². The van der Waals surface area contributed by atoms with E-state index in [9.17, 15) is 22.8 Å². The van der Waals surface area contributed by atoms with Gasteiger partial charge in [0.15, 0.2) is 0 Å². The number of hydrogen-bond donors (Lipinski definition) is 2. The highest BCUT2D eigenvalue weighted by molar-refractivity contribution is 6.08. The number of likely N-dealkylation sites (N-methyl/N-ethyl adjacent to an activating group) is 1. The van der Waals surface area contributed by atoms with E-state index in [4.69, 9.17) is 9.68 Å². The molecule has 0 aliphatic carbocycles. The molecule has 2 heterocycles. The Morgan fingerprint density at radius 1 is 1.05 bits per heavy atom. The average molecular weight is 544 g/mol. The summed E-state index contributed by atoms with van der Waals surface area (Å²) >= 11 is 0. The quantitative estimate of drug-likeness (QED) is 0.413. The molecule has 3 aromatic rings. The number of piperazine rings is 1. The van der Waals surface area contributed by atoms with Crippen molar-refractivity contribution in [3.05, 3.63) is 47.5 Å². The summed E-state index contributed by atoms with van der Waals surface area (Å²) in [7, 11) is 2.01. The molecule has 39 heavy (non-hydrogen) atoms. The minimum absolute atomic E-state index is 0.0650. The van der Waals surface area contributed by atoms with Gasteiger partial charge in [0, 0.05) is 42.5 Å². The van der Waals surface area contributed by atoms with Gasteiger partial charge in [0.2, 0.25) is 5.91 Å². The van der Waals surface area contributed by atoms with Crippen LogP contribution in [-0.2, 0) is 4.79 Å². The van der Waals surface area contributed by atoms with Gasteiger partial charge >= 0.3 is 6.18 Å². The van der Waals surface area contributed by atoms with Crippen molar-refractivity contribution >= 4 is 33.8 Å². The maximum Gasteiger partial charge on any atom is 0.407 e. The highest BCUT2D eigenvalue weighted by atomic mass is 19.4. The minimum Gasteiger partial charge on any atom is -0.456 e. The number of fused-ring (bicyclic) bond motifs is 3. The second-order valence-electron chi connectivity index (χ2n) is 10.4. The van der Waals surface area contributed by atoms with Crippen LogP contribution in [0.5, 0.6) is 0 Å². The minimum atomic E-state index is -4.70. The van der Waals surface area contributed by atoms with Crippen molar-refractivity contribution in [1.82, 2.24) is 20.4 Å². The van der Waals surface area contributed by atoms with Gasteiger partial charge < -0.3 is 19.5 Å². The zero-order chi connectivity index (χ0) is 28.3. The molecule has 0 bridgehead atoms. The molecule has 1 aliphatic rings. The molecular weight excluding hydrogens is 511 g/mol. The highest BCUT2D eigenvalue weighted by Gasteiger charge is 2.43. The van der Waals surface area contributed by atoms with Gasteiger partial charge in [0.05, 0.1) is 12.1 Å². The van der Waals surface area contributed by atoms with Gasteiger partial charge in [-0.2, -0.15) is 18.4 Å². The smallest absolute Gasteiger partial charge is 0.407 e. The van der Waals surface area contributed by atoms with E-state index in [2.05, 4.69) is 15.5 Å². The maximum atomic E-state index is 14.2. The number of nitrogens with zero attached hydrogens (tertiary/aromatic N) is 3. The number of hydrogen-bond acceptors (Lipinski definition) is 6. The molecule has 2 N–H and O–H groups in total. The standard InChI is InChI=1S/C28H32F3N5O3/c1-17(2)14-22(26(37)33-9-8-32)34-25(28(29,30)31)18-4-6-20-21-15-19(5-7-23(21)39-24(20)16-18)27(38)36-12-10-35(3)11-13-36/h4-7,15-17,22,25,34H,9-14H2,1-3H3,(H,33,37)/t22-,25-/m0/s1. The highest BCUT2D eigenvalue weighted by Crippen LogP contribution is 2.37. The lowest BCUT2D eigenvalue weighted by Gasteiger charge is -2.32. The van der Waals surface area contributed by atoms with Crippen molar-refractivity contribution in [3.63, 3.8) is 0 Å². The molecule has 2 atom stereocenters. The fourth-order valence-corrected chi connectivity index (χ4v) is 4.85. The van der Waals surface area contributed by atoms with Gasteiger partial charge in [-0.05, 0) is 49.2 Å². The number of nitrogens with one attached hydrogen (secondary N) is 2. The average Bonchev–Trinajstić information content (AvgIpc) is 3.25. The number of nitriles is 1. The zero-order valence-corrected chi connectivity index (χ0v) is 22.1. The van der Waals surface area contributed by atoms with Crippen LogP contribution in [0, 0.1) is 17.2 Å². The first kappa shape index (κ1) is 28.4. The Kier molecular flexibility index (Phi) is 8.47. The largest absolute Gasteiger partial charge is 0.456 e. The summed E-state index contributed by atoms with van der Waals surface area (Å²) in [6.45, 7) is 6.14. The summed E-state index contributed by atoms with van der Waals surface area (Å²) < 4.78 is 48.6. The SMILES string of the molecule is CC(C)C[C@H](N[C@@H](c1ccc2c(c1)oc1ccc(C(=O)N3CCN(C)CC3)cc12)C(F)(F)F)C(=O)NCC#N. The number of carbonyl (C=O) groups excluding carboxylic acids is 2. The molecule has 0 radical (unpaired) electrons.